The SMILES string of the molecule is CC1(C)[C@H]2CC[C@@]1(C)c1nc3ccc(S(=O)(=O)Nc4ccccc4Cl)cc3nc12. The fourth-order valence-electron chi connectivity index (χ4n) is 5.01. The maximum atomic E-state index is 12.9. The molecule has 2 aliphatic rings. The van der Waals surface area contributed by atoms with Gasteiger partial charge >= 0.3 is 0 Å². The average Bonchev–Trinajstić information content (AvgIpc) is 3.00. The zero-order valence-electron chi connectivity index (χ0n) is 16.5. The fraction of sp³-hybridized carbons (Fsp3) is 0.364. The molecule has 7 heteroatoms. The molecular weight excluding hydrogens is 406 g/mol. The molecule has 1 aromatic heterocycles. The number of aromatic nitrogens is 2. The van der Waals surface area contributed by atoms with Crippen LogP contribution in [0.3, 0.4) is 0 Å². The lowest BCUT2D eigenvalue weighted by Gasteiger charge is -2.34. The average molecular weight is 428 g/mol. The maximum absolute atomic E-state index is 12.9. The highest BCUT2D eigenvalue weighted by Gasteiger charge is 2.61. The van der Waals surface area contributed by atoms with Crippen LogP contribution in [0.25, 0.3) is 11.0 Å². The number of hydrogen-bond donors (Lipinski definition) is 1. The van der Waals surface area contributed by atoms with Gasteiger partial charge in [-0.1, -0.05) is 44.5 Å². The number of hydrogen-bond acceptors (Lipinski definition) is 4. The van der Waals surface area contributed by atoms with Crippen molar-refractivity contribution >= 4 is 38.3 Å². The van der Waals surface area contributed by atoms with E-state index in [1.807, 2.05) is 0 Å². The van der Waals surface area contributed by atoms with Crippen LogP contribution < -0.4 is 4.72 Å². The van der Waals surface area contributed by atoms with Crippen LogP contribution in [-0.2, 0) is 15.4 Å². The van der Waals surface area contributed by atoms with E-state index >= 15 is 0 Å². The van der Waals surface area contributed by atoms with Crippen LogP contribution in [0.1, 0.15) is 50.9 Å². The second kappa shape index (κ2) is 5.92. The van der Waals surface area contributed by atoms with Crippen LogP contribution in [0.4, 0.5) is 5.69 Å². The first kappa shape index (κ1) is 18.8. The quantitative estimate of drug-likeness (QED) is 0.618. The lowest BCUT2D eigenvalue weighted by Crippen LogP contribution is -2.31. The van der Waals surface area contributed by atoms with E-state index in [1.54, 1.807) is 42.5 Å². The van der Waals surface area contributed by atoms with Crippen molar-refractivity contribution in [1.29, 1.82) is 0 Å². The number of nitrogens with zero attached hydrogens (tertiary/aromatic N) is 2. The van der Waals surface area contributed by atoms with E-state index < -0.39 is 10.0 Å². The van der Waals surface area contributed by atoms with Crippen molar-refractivity contribution in [3.8, 4) is 0 Å². The summed E-state index contributed by atoms with van der Waals surface area (Å²) in [6.45, 7) is 6.87. The third-order valence-corrected chi connectivity index (χ3v) is 8.86. The molecule has 0 amide bonds. The molecule has 0 saturated heterocycles. The Morgan fingerprint density at radius 1 is 1.07 bits per heavy atom. The summed E-state index contributed by atoms with van der Waals surface area (Å²) in [4.78, 5) is 9.97. The summed E-state index contributed by atoms with van der Waals surface area (Å²) in [5.74, 6) is 0.362. The van der Waals surface area contributed by atoms with Gasteiger partial charge in [0.2, 0.25) is 0 Å². The first-order valence-corrected chi connectivity index (χ1v) is 11.6. The number of benzene rings is 2. The van der Waals surface area contributed by atoms with Gasteiger partial charge in [0, 0.05) is 11.3 Å². The molecule has 2 atom stereocenters. The first-order chi connectivity index (χ1) is 13.6. The molecule has 0 aliphatic heterocycles. The minimum atomic E-state index is -3.79. The van der Waals surface area contributed by atoms with Gasteiger partial charge in [-0.3, -0.25) is 4.72 Å². The normalized spacial score (nSPS) is 24.6. The highest BCUT2D eigenvalue weighted by molar-refractivity contribution is 7.92. The Morgan fingerprint density at radius 3 is 2.59 bits per heavy atom. The Morgan fingerprint density at radius 2 is 1.83 bits per heavy atom. The molecule has 0 radical (unpaired) electrons. The summed E-state index contributed by atoms with van der Waals surface area (Å²) in [6, 6.07) is 11.7. The number of halogens is 1. The van der Waals surface area contributed by atoms with Gasteiger partial charge in [0.25, 0.3) is 10.0 Å². The van der Waals surface area contributed by atoms with Crippen molar-refractivity contribution in [2.45, 2.75) is 49.8 Å². The summed E-state index contributed by atoms with van der Waals surface area (Å²) < 4.78 is 28.3. The number of sulfonamides is 1. The van der Waals surface area contributed by atoms with Crippen LogP contribution >= 0.6 is 11.6 Å². The van der Waals surface area contributed by atoms with Crippen LogP contribution in [0.5, 0.6) is 0 Å². The Bertz CT molecular complexity index is 1270. The van der Waals surface area contributed by atoms with Gasteiger partial charge in [0.15, 0.2) is 0 Å². The molecule has 1 N–H and O–H groups in total. The molecule has 5 nitrogen and oxygen atoms in total. The van der Waals surface area contributed by atoms with Gasteiger partial charge in [0.1, 0.15) is 0 Å². The van der Waals surface area contributed by atoms with Crippen molar-refractivity contribution in [2.24, 2.45) is 5.41 Å². The van der Waals surface area contributed by atoms with E-state index in [2.05, 4.69) is 25.5 Å². The van der Waals surface area contributed by atoms with E-state index in [0.29, 0.717) is 22.1 Å². The van der Waals surface area contributed by atoms with Gasteiger partial charge in [-0.25, -0.2) is 18.4 Å². The minimum Gasteiger partial charge on any atom is -0.278 e. The molecule has 0 unspecified atom stereocenters. The topological polar surface area (TPSA) is 72.0 Å². The van der Waals surface area contributed by atoms with Crippen LogP contribution in [0.15, 0.2) is 47.4 Å². The molecule has 0 spiro atoms. The van der Waals surface area contributed by atoms with Crippen molar-refractivity contribution in [3.63, 3.8) is 0 Å². The molecule has 2 aliphatic carbocycles. The highest BCUT2D eigenvalue weighted by Crippen LogP contribution is 2.66. The number of para-hydroxylation sites is 1. The Balaban J connectivity index is 1.59. The monoisotopic (exact) mass is 427 g/mol. The van der Waals surface area contributed by atoms with Gasteiger partial charge in [-0.15, -0.1) is 0 Å². The van der Waals surface area contributed by atoms with Crippen molar-refractivity contribution in [3.05, 3.63) is 58.9 Å². The van der Waals surface area contributed by atoms with Crippen LogP contribution in [0, 0.1) is 5.41 Å². The zero-order chi connectivity index (χ0) is 20.6. The number of fused-ring (bicyclic) bond motifs is 6. The van der Waals surface area contributed by atoms with E-state index in [0.717, 1.165) is 29.7 Å². The van der Waals surface area contributed by atoms with Crippen molar-refractivity contribution < 1.29 is 8.42 Å². The first-order valence-electron chi connectivity index (χ1n) is 9.73. The molecule has 1 heterocycles. The Labute approximate surface area is 175 Å². The molecule has 2 aromatic carbocycles. The largest absolute Gasteiger partial charge is 0.278 e. The van der Waals surface area contributed by atoms with Gasteiger partial charge in [-0.05, 0) is 48.6 Å². The van der Waals surface area contributed by atoms with Crippen LogP contribution in [-0.4, -0.2) is 18.4 Å². The molecule has 2 bridgehead atoms. The van der Waals surface area contributed by atoms with Gasteiger partial charge < -0.3 is 0 Å². The predicted octanol–water partition coefficient (Wildman–Crippen LogP) is 5.26. The van der Waals surface area contributed by atoms with E-state index in [4.69, 9.17) is 21.6 Å². The van der Waals surface area contributed by atoms with Crippen molar-refractivity contribution in [1.82, 2.24) is 9.97 Å². The van der Waals surface area contributed by atoms with Gasteiger partial charge in [-0.2, -0.15) is 0 Å². The Hall–Kier alpha value is -2.18. The van der Waals surface area contributed by atoms with Crippen LogP contribution in [0.2, 0.25) is 5.02 Å². The third-order valence-electron chi connectivity index (χ3n) is 7.17. The summed E-state index contributed by atoms with van der Waals surface area (Å²) in [7, 11) is -3.79. The standard InChI is InChI=1S/C22H22ClN3O2S/c1-21(2)14-10-11-22(21,3)20-19(14)24-18-12-13(8-9-17(18)25-20)29(27,28)26-16-7-5-4-6-15(16)23/h4-9,12,14,26H,10-11H2,1-3H3/t14-,22-/m0/s1. The number of rotatable bonds is 3. The molecule has 5 rings (SSSR count). The van der Waals surface area contributed by atoms with E-state index in [9.17, 15) is 8.42 Å². The predicted molar refractivity (Wildman–Crippen MR) is 115 cm³/mol. The number of nitrogens with one attached hydrogen (secondary N) is 1. The summed E-state index contributed by atoms with van der Waals surface area (Å²) >= 11 is 6.10. The maximum Gasteiger partial charge on any atom is 0.262 e. The van der Waals surface area contributed by atoms with Crippen molar-refractivity contribution in [2.75, 3.05) is 4.72 Å². The lowest BCUT2D eigenvalue weighted by atomic mass is 9.70. The fourth-order valence-corrected chi connectivity index (χ4v) is 6.35. The lowest BCUT2D eigenvalue weighted by molar-refractivity contribution is 0.227. The Kier molecular flexibility index (Phi) is 3.84. The molecule has 150 valence electrons. The molecule has 29 heavy (non-hydrogen) atoms. The second-order valence-corrected chi connectivity index (χ2v) is 10.9. The molecule has 1 fully saturated rings. The molecular formula is C22H22ClN3O2S. The van der Waals surface area contributed by atoms with E-state index in [-0.39, 0.29) is 15.7 Å². The summed E-state index contributed by atoms with van der Waals surface area (Å²) in [5.41, 5.74) is 3.92. The summed E-state index contributed by atoms with van der Waals surface area (Å²) in [6.07, 6.45) is 2.22. The van der Waals surface area contributed by atoms with E-state index in [1.165, 1.54) is 0 Å². The second-order valence-electron chi connectivity index (χ2n) is 8.84. The van der Waals surface area contributed by atoms with Gasteiger partial charge in [0.05, 0.1) is 38.0 Å². The highest BCUT2D eigenvalue weighted by atomic mass is 35.5. The summed E-state index contributed by atoms with van der Waals surface area (Å²) in [5, 5.41) is 0.348. The smallest absolute Gasteiger partial charge is 0.262 e. The molecule has 3 aromatic rings. The molecule has 1 saturated carbocycles. The third kappa shape index (κ3) is 2.55. The zero-order valence-corrected chi connectivity index (χ0v) is 18.1. The number of anilines is 1. The minimum absolute atomic E-state index is 0.0184.